The van der Waals surface area contributed by atoms with E-state index in [1.54, 1.807) is 24.3 Å². The number of aromatic nitrogens is 2. The first-order valence-electron chi connectivity index (χ1n) is 9.27. The van der Waals surface area contributed by atoms with E-state index in [2.05, 4.69) is 41.9 Å². The fourth-order valence-corrected chi connectivity index (χ4v) is 3.67. The van der Waals surface area contributed by atoms with E-state index in [1.165, 1.54) is 24.9 Å². The molecule has 0 fully saturated rings. The van der Waals surface area contributed by atoms with Crippen molar-refractivity contribution in [3.8, 4) is 11.5 Å². The number of carboxylic acid groups (broad SMARTS) is 1. The van der Waals surface area contributed by atoms with Crippen LogP contribution >= 0.6 is 31.9 Å². The van der Waals surface area contributed by atoms with Gasteiger partial charge < -0.3 is 14.6 Å². The van der Waals surface area contributed by atoms with Crippen molar-refractivity contribution in [2.75, 3.05) is 7.11 Å². The van der Waals surface area contributed by atoms with Gasteiger partial charge in [0.05, 0.1) is 24.2 Å². The average Bonchev–Trinajstić information content (AvgIpc) is 2.74. The Morgan fingerprint density at radius 1 is 1.29 bits per heavy atom. The summed E-state index contributed by atoms with van der Waals surface area (Å²) in [7, 11) is 1.45. The number of nitrogens with zero attached hydrogens (tertiary/aromatic N) is 3. The van der Waals surface area contributed by atoms with E-state index >= 15 is 0 Å². The van der Waals surface area contributed by atoms with Crippen molar-refractivity contribution in [1.82, 2.24) is 9.66 Å². The minimum absolute atomic E-state index is 0.201. The monoisotopic (exact) mass is 551 g/mol. The molecule has 3 aromatic rings. The van der Waals surface area contributed by atoms with Crippen LogP contribution in [0.5, 0.6) is 11.5 Å². The molecule has 0 saturated carbocycles. The number of benzene rings is 2. The summed E-state index contributed by atoms with van der Waals surface area (Å²) in [6, 6.07) is 8.63. The molecular formula is C21H19Br2N3O5. The fourth-order valence-electron chi connectivity index (χ4n) is 2.85. The molecule has 3 rings (SSSR count). The molecule has 0 aliphatic heterocycles. The molecule has 8 nitrogen and oxygen atoms in total. The zero-order chi connectivity index (χ0) is 22.7. The second-order valence-corrected chi connectivity index (χ2v) is 8.36. The minimum Gasteiger partial charge on any atom is -0.493 e. The van der Waals surface area contributed by atoms with E-state index in [1.807, 2.05) is 13.0 Å². The number of ether oxygens (including phenoxy) is 2. The van der Waals surface area contributed by atoms with E-state index in [0.717, 1.165) is 4.47 Å². The third kappa shape index (κ3) is 4.96. The summed E-state index contributed by atoms with van der Waals surface area (Å²) in [6.07, 6.45) is 0.791. The molecule has 10 heteroatoms. The SMILES string of the molecule is CCc1nc2ccc(Br)cc2c(=O)n1N=Cc1cc(Br)cc(OC)c1O[C@@H](C)C(=O)O. The number of rotatable bonds is 7. The second-order valence-electron chi connectivity index (χ2n) is 6.53. The number of fused-ring (bicyclic) bond motifs is 1. The van der Waals surface area contributed by atoms with Crippen molar-refractivity contribution < 1.29 is 19.4 Å². The van der Waals surface area contributed by atoms with Gasteiger partial charge in [0.1, 0.15) is 5.82 Å². The summed E-state index contributed by atoms with van der Waals surface area (Å²) >= 11 is 6.77. The molecule has 0 aliphatic carbocycles. The summed E-state index contributed by atoms with van der Waals surface area (Å²) in [5.74, 6) is -0.111. The van der Waals surface area contributed by atoms with Crippen LogP contribution in [0, 0.1) is 0 Å². The maximum absolute atomic E-state index is 13.1. The average molecular weight is 553 g/mol. The minimum atomic E-state index is -1.12. The molecular weight excluding hydrogens is 534 g/mol. The Balaban J connectivity index is 2.16. The van der Waals surface area contributed by atoms with Crippen LogP contribution in [0.3, 0.4) is 0 Å². The molecule has 0 unspecified atom stereocenters. The van der Waals surface area contributed by atoms with Crippen LogP contribution in [-0.2, 0) is 11.2 Å². The largest absolute Gasteiger partial charge is 0.493 e. The highest BCUT2D eigenvalue weighted by Gasteiger charge is 2.19. The van der Waals surface area contributed by atoms with Crippen LogP contribution in [0.15, 0.2) is 49.2 Å². The zero-order valence-electron chi connectivity index (χ0n) is 16.9. The van der Waals surface area contributed by atoms with Crippen molar-refractivity contribution in [3.63, 3.8) is 0 Å². The van der Waals surface area contributed by atoms with Gasteiger partial charge in [-0.15, -0.1) is 0 Å². The van der Waals surface area contributed by atoms with Crippen LogP contribution in [0.1, 0.15) is 25.2 Å². The quantitative estimate of drug-likeness (QED) is 0.440. The highest BCUT2D eigenvalue weighted by atomic mass is 79.9. The Morgan fingerprint density at radius 2 is 2.03 bits per heavy atom. The molecule has 1 heterocycles. The Hall–Kier alpha value is -2.72. The van der Waals surface area contributed by atoms with Gasteiger partial charge in [-0.25, -0.2) is 9.78 Å². The third-order valence-electron chi connectivity index (χ3n) is 4.41. The normalized spacial score (nSPS) is 12.3. The van der Waals surface area contributed by atoms with Gasteiger partial charge in [0.2, 0.25) is 0 Å². The summed E-state index contributed by atoms with van der Waals surface area (Å²) in [6.45, 7) is 3.29. The van der Waals surface area contributed by atoms with Gasteiger partial charge in [-0.3, -0.25) is 4.79 Å². The molecule has 1 atom stereocenters. The van der Waals surface area contributed by atoms with Crippen LogP contribution in [0.4, 0.5) is 0 Å². The second kappa shape index (κ2) is 9.61. The molecule has 1 N–H and O–H groups in total. The topological polar surface area (TPSA) is 103 Å². The molecule has 0 spiro atoms. The van der Waals surface area contributed by atoms with Crippen molar-refractivity contribution >= 4 is 54.9 Å². The van der Waals surface area contributed by atoms with Gasteiger partial charge >= 0.3 is 5.97 Å². The van der Waals surface area contributed by atoms with Gasteiger partial charge in [0, 0.05) is 20.9 Å². The number of carboxylic acids is 1. The maximum Gasteiger partial charge on any atom is 0.344 e. The summed E-state index contributed by atoms with van der Waals surface area (Å²) < 4.78 is 13.6. The van der Waals surface area contributed by atoms with Gasteiger partial charge in [-0.1, -0.05) is 38.8 Å². The number of halogens is 2. The van der Waals surface area contributed by atoms with E-state index in [9.17, 15) is 14.7 Å². The van der Waals surface area contributed by atoms with Crippen molar-refractivity contribution in [2.45, 2.75) is 26.4 Å². The van der Waals surface area contributed by atoms with E-state index < -0.39 is 12.1 Å². The van der Waals surface area contributed by atoms with E-state index in [-0.39, 0.29) is 11.3 Å². The lowest BCUT2D eigenvalue weighted by molar-refractivity contribution is -0.144. The van der Waals surface area contributed by atoms with Gasteiger partial charge in [-0.05, 0) is 37.3 Å². The molecule has 0 amide bonds. The lowest BCUT2D eigenvalue weighted by Gasteiger charge is -2.16. The predicted octanol–water partition coefficient (Wildman–Crippen LogP) is 4.23. The molecule has 162 valence electrons. The molecule has 0 bridgehead atoms. The summed E-state index contributed by atoms with van der Waals surface area (Å²) in [5.41, 5.74) is 0.699. The Morgan fingerprint density at radius 3 is 2.68 bits per heavy atom. The highest BCUT2D eigenvalue weighted by Crippen LogP contribution is 2.35. The van der Waals surface area contributed by atoms with E-state index in [4.69, 9.17) is 9.47 Å². The smallest absolute Gasteiger partial charge is 0.344 e. The predicted molar refractivity (Wildman–Crippen MR) is 124 cm³/mol. The number of methoxy groups -OCH3 is 1. The number of hydrogen-bond donors (Lipinski definition) is 1. The standard InChI is InChI=1S/C21H19Br2N3O5/c1-4-18-25-16-6-5-13(22)8-15(16)20(27)26(18)24-10-12-7-14(23)9-17(30-3)19(12)31-11(2)21(28)29/h5-11H,4H2,1-3H3,(H,28,29)/t11-/m0/s1. The first kappa shape index (κ1) is 23.0. The molecule has 0 radical (unpaired) electrons. The Labute approximate surface area is 194 Å². The first-order valence-corrected chi connectivity index (χ1v) is 10.9. The third-order valence-corrected chi connectivity index (χ3v) is 5.37. The van der Waals surface area contributed by atoms with E-state index in [0.29, 0.717) is 38.9 Å². The van der Waals surface area contributed by atoms with Crippen LogP contribution in [0.25, 0.3) is 10.9 Å². The van der Waals surface area contributed by atoms with Crippen molar-refractivity contribution in [2.24, 2.45) is 5.10 Å². The molecule has 0 saturated heterocycles. The number of hydrogen-bond acceptors (Lipinski definition) is 6. The number of aliphatic carboxylic acids is 1. The lowest BCUT2D eigenvalue weighted by atomic mass is 10.2. The van der Waals surface area contributed by atoms with Crippen molar-refractivity contribution in [1.29, 1.82) is 0 Å². The molecule has 1 aromatic heterocycles. The van der Waals surface area contributed by atoms with Crippen LogP contribution < -0.4 is 15.0 Å². The number of aryl methyl sites for hydroxylation is 1. The molecule has 2 aromatic carbocycles. The lowest BCUT2D eigenvalue weighted by Crippen LogP contribution is -2.24. The summed E-state index contributed by atoms with van der Waals surface area (Å²) in [5, 5.41) is 14.0. The van der Waals surface area contributed by atoms with Crippen molar-refractivity contribution in [3.05, 3.63) is 61.0 Å². The maximum atomic E-state index is 13.1. The molecule has 31 heavy (non-hydrogen) atoms. The fraction of sp³-hybridized carbons (Fsp3) is 0.238. The number of carbonyl (C=O) groups is 1. The van der Waals surface area contributed by atoms with Gasteiger partial charge in [0.25, 0.3) is 5.56 Å². The first-order chi connectivity index (χ1) is 14.7. The van der Waals surface area contributed by atoms with Gasteiger partial charge in [0.15, 0.2) is 17.6 Å². The van der Waals surface area contributed by atoms with Crippen LogP contribution in [0.2, 0.25) is 0 Å². The Kier molecular flexibility index (Phi) is 7.11. The van der Waals surface area contributed by atoms with Crippen LogP contribution in [-0.4, -0.2) is 40.2 Å². The highest BCUT2D eigenvalue weighted by molar-refractivity contribution is 9.10. The Bertz CT molecular complexity index is 1240. The zero-order valence-corrected chi connectivity index (χ0v) is 20.1. The van der Waals surface area contributed by atoms with Gasteiger partial charge in [-0.2, -0.15) is 9.78 Å². The molecule has 0 aliphatic rings. The summed E-state index contributed by atoms with van der Waals surface area (Å²) in [4.78, 5) is 28.9.